The Labute approximate surface area is 342 Å². The van der Waals surface area contributed by atoms with Gasteiger partial charge in [-0.3, -0.25) is 19.2 Å². The molecule has 4 fully saturated rings. The summed E-state index contributed by atoms with van der Waals surface area (Å²) in [6.07, 6.45) is 1.99. The van der Waals surface area contributed by atoms with Crippen molar-refractivity contribution in [3.8, 4) is 0 Å². The maximum atomic E-state index is 14.2. The van der Waals surface area contributed by atoms with Crippen molar-refractivity contribution in [2.24, 2.45) is 29.1 Å². The number of ether oxygens (including phenoxy) is 4. The number of carbonyl (C=O) groups excluding carboxylic acids is 4. The summed E-state index contributed by atoms with van der Waals surface area (Å²) in [6.45, 7) is 30.4. The van der Waals surface area contributed by atoms with Crippen molar-refractivity contribution in [2.75, 3.05) is 40.6 Å². The SMILES string of the molecule is CON1C(C)(C)CC(C(=O)OCC(COC(=O)C2CC(C)(C)NC2(C)C)(COC(=O)C2CC(C)(C)NC2(C)C)COC(=O)C2CC(C)(C)N(OC)C2(C)C)C1(C)C. The van der Waals surface area contributed by atoms with Crippen LogP contribution in [0.15, 0.2) is 0 Å². The number of nitrogens with zero attached hydrogens (tertiary/aromatic N) is 2. The van der Waals surface area contributed by atoms with E-state index in [1.807, 2.05) is 121 Å². The van der Waals surface area contributed by atoms with Gasteiger partial charge in [-0.05, 0) is 136 Å². The highest BCUT2D eigenvalue weighted by molar-refractivity contribution is 5.77. The lowest BCUT2D eigenvalue weighted by Crippen LogP contribution is -2.51. The molecule has 0 aromatic heterocycles. The molecule has 0 aromatic carbocycles. The Morgan fingerprint density at radius 3 is 0.947 bits per heavy atom. The minimum atomic E-state index is -1.45. The van der Waals surface area contributed by atoms with Crippen molar-refractivity contribution in [2.45, 2.75) is 181 Å². The molecule has 4 unspecified atom stereocenters. The van der Waals surface area contributed by atoms with Gasteiger partial charge < -0.3 is 39.3 Å². The van der Waals surface area contributed by atoms with Crippen LogP contribution in [0.25, 0.3) is 0 Å². The quantitative estimate of drug-likeness (QED) is 0.171. The molecule has 0 amide bonds. The molecule has 57 heavy (non-hydrogen) atoms. The first-order valence-electron chi connectivity index (χ1n) is 20.6. The largest absolute Gasteiger partial charge is 0.464 e. The smallest absolute Gasteiger partial charge is 0.310 e. The van der Waals surface area contributed by atoms with Gasteiger partial charge in [-0.1, -0.05) is 0 Å². The lowest BCUT2D eigenvalue weighted by molar-refractivity contribution is -0.226. The van der Waals surface area contributed by atoms with Crippen molar-refractivity contribution in [3.05, 3.63) is 0 Å². The second kappa shape index (κ2) is 15.6. The minimum absolute atomic E-state index is 0.309. The zero-order chi connectivity index (χ0) is 43.6. The van der Waals surface area contributed by atoms with Crippen LogP contribution in [0.1, 0.15) is 136 Å². The van der Waals surface area contributed by atoms with Gasteiger partial charge in [0.2, 0.25) is 0 Å². The van der Waals surface area contributed by atoms with Gasteiger partial charge in [-0.15, -0.1) is 0 Å². The van der Waals surface area contributed by atoms with Crippen LogP contribution < -0.4 is 10.6 Å². The van der Waals surface area contributed by atoms with Crippen LogP contribution in [0.5, 0.6) is 0 Å². The zero-order valence-corrected chi connectivity index (χ0v) is 38.4. The monoisotopic (exact) mass is 809 g/mol. The third-order valence-electron chi connectivity index (χ3n) is 13.3. The summed E-state index contributed by atoms with van der Waals surface area (Å²) < 4.78 is 24.7. The second-order valence-corrected chi connectivity index (χ2v) is 22.3. The summed E-state index contributed by atoms with van der Waals surface area (Å²) in [4.78, 5) is 67.9. The summed E-state index contributed by atoms with van der Waals surface area (Å²) in [5, 5.41) is 10.7. The number of hydrogen-bond acceptors (Lipinski definition) is 14. The van der Waals surface area contributed by atoms with Crippen LogP contribution in [0.3, 0.4) is 0 Å². The van der Waals surface area contributed by atoms with E-state index in [4.69, 9.17) is 28.6 Å². The highest BCUT2D eigenvalue weighted by atomic mass is 16.7. The molecule has 0 bridgehead atoms. The maximum Gasteiger partial charge on any atom is 0.310 e. The molecule has 0 saturated carbocycles. The van der Waals surface area contributed by atoms with E-state index < -0.39 is 86.2 Å². The molecule has 328 valence electrons. The van der Waals surface area contributed by atoms with E-state index in [2.05, 4.69) is 10.6 Å². The molecule has 0 aromatic rings. The number of hydrogen-bond donors (Lipinski definition) is 2. The minimum Gasteiger partial charge on any atom is -0.464 e. The van der Waals surface area contributed by atoms with Crippen LogP contribution in [0.2, 0.25) is 0 Å². The van der Waals surface area contributed by atoms with Gasteiger partial charge in [-0.25, -0.2) is 0 Å². The van der Waals surface area contributed by atoms with Crippen LogP contribution in [0, 0.1) is 29.1 Å². The Morgan fingerprint density at radius 1 is 0.474 bits per heavy atom. The molecule has 4 heterocycles. The standard InChI is InChI=1S/C43H76N4O10/c1-35(2)19-27(39(9,10)44-35)31(48)54-23-43(24-55-32(49)28-20-36(3,4)45-40(28,11)12,25-56-33(50)29-21-37(5,6)46(52-17)41(29,13)14)26-57-34(51)30-22-38(7,8)47(53-18)42(30,15)16/h27-30,44-45H,19-26H2,1-18H3. The van der Waals surface area contributed by atoms with Crippen LogP contribution in [-0.4, -0.2) is 119 Å². The fraction of sp³-hybridized carbons (Fsp3) is 0.907. The summed E-state index contributed by atoms with van der Waals surface area (Å²) in [6, 6.07) is 0. The molecule has 0 radical (unpaired) electrons. The average molecular weight is 809 g/mol. The van der Waals surface area contributed by atoms with E-state index in [1.54, 1.807) is 14.2 Å². The first-order valence-corrected chi connectivity index (χ1v) is 20.6. The van der Waals surface area contributed by atoms with Gasteiger partial charge in [0.1, 0.15) is 31.8 Å². The molecule has 4 saturated heterocycles. The molecule has 14 nitrogen and oxygen atoms in total. The van der Waals surface area contributed by atoms with Gasteiger partial charge in [0.25, 0.3) is 0 Å². The normalized spacial score (nSPS) is 31.3. The maximum absolute atomic E-state index is 14.2. The van der Waals surface area contributed by atoms with Crippen LogP contribution in [-0.2, 0) is 47.8 Å². The van der Waals surface area contributed by atoms with Crippen molar-refractivity contribution in [3.63, 3.8) is 0 Å². The van der Waals surface area contributed by atoms with E-state index >= 15 is 0 Å². The Hall–Kier alpha value is -2.36. The van der Waals surface area contributed by atoms with E-state index in [9.17, 15) is 19.2 Å². The molecule has 4 atom stereocenters. The number of esters is 4. The van der Waals surface area contributed by atoms with E-state index in [0.717, 1.165) is 0 Å². The predicted octanol–water partition coefficient (Wildman–Crippen LogP) is 5.36. The third kappa shape index (κ3) is 9.67. The Balaban J connectivity index is 1.70. The van der Waals surface area contributed by atoms with Crippen molar-refractivity contribution in [1.29, 1.82) is 0 Å². The molecule has 0 aliphatic carbocycles. The van der Waals surface area contributed by atoms with Gasteiger partial charge in [0.15, 0.2) is 0 Å². The average Bonchev–Trinajstić information content (AvgIpc) is 3.58. The fourth-order valence-corrected chi connectivity index (χ4v) is 11.1. The predicted molar refractivity (Wildman–Crippen MR) is 215 cm³/mol. The lowest BCUT2D eigenvalue weighted by Gasteiger charge is -2.39. The molecule has 0 spiro atoms. The summed E-state index contributed by atoms with van der Waals surface area (Å²) in [7, 11) is 3.17. The Kier molecular flexibility index (Phi) is 12.9. The van der Waals surface area contributed by atoms with Gasteiger partial charge in [0.05, 0.1) is 49.0 Å². The molecular formula is C43H76N4O10. The number of rotatable bonds is 14. The molecule has 4 rings (SSSR count). The van der Waals surface area contributed by atoms with E-state index in [-0.39, 0.29) is 37.5 Å². The Bertz CT molecular complexity index is 1420. The molecular weight excluding hydrogens is 732 g/mol. The van der Waals surface area contributed by atoms with Gasteiger partial charge in [0, 0.05) is 33.2 Å². The third-order valence-corrected chi connectivity index (χ3v) is 13.3. The van der Waals surface area contributed by atoms with Gasteiger partial charge >= 0.3 is 23.9 Å². The molecule has 4 aliphatic heterocycles. The highest BCUT2D eigenvalue weighted by Crippen LogP contribution is 2.47. The molecule has 2 N–H and O–H groups in total. The van der Waals surface area contributed by atoms with Crippen molar-refractivity contribution >= 4 is 23.9 Å². The topological polar surface area (TPSA) is 154 Å². The number of carbonyl (C=O) groups is 4. The van der Waals surface area contributed by atoms with E-state index in [0.29, 0.717) is 25.7 Å². The molecule has 14 heteroatoms. The van der Waals surface area contributed by atoms with Gasteiger partial charge in [-0.2, -0.15) is 10.1 Å². The highest BCUT2D eigenvalue weighted by Gasteiger charge is 2.58. The molecule has 4 aliphatic rings. The zero-order valence-electron chi connectivity index (χ0n) is 38.4. The van der Waals surface area contributed by atoms with Crippen LogP contribution in [0.4, 0.5) is 0 Å². The first-order chi connectivity index (χ1) is 25.7. The second-order valence-electron chi connectivity index (χ2n) is 22.3. The van der Waals surface area contributed by atoms with Crippen molar-refractivity contribution < 1.29 is 47.8 Å². The number of nitrogens with one attached hydrogen (secondary N) is 2. The van der Waals surface area contributed by atoms with E-state index in [1.165, 1.54) is 0 Å². The Morgan fingerprint density at radius 2 is 0.737 bits per heavy atom. The summed E-state index contributed by atoms with van der Waals surface area (Å²) >= 11 is 0. The van der Waals surface area contributed by atoms with Crippen LogP contribution >= 0.6 is 0 Å². The number of hydroxylamine groups is 4. The lowest BCUT2D eigenvalue weighted by atomic mass is 9.85. The van der Waals surface area contributed by atoms with Crippen molar-refractivity contribution in [1.82, 2.24) is 20.8 Å². The fourth-order valence-electron chi connectivity index (χ4n) is 11.1. The summed E-state index contributed by atoms with van der Waals surface area (Å²) in [5.74, 6) is -4.01. The summed E-state index contributed by atoms with van der Waals surface area (Å²) in [5.41, 5.74) is -5.58. The first kappa shape index (κ1) is 47.3.